The molecule has 1 aliphatic rings. The number of carbonyl (C=O) groups excluding carboxylic acids is 3. The molecule has 2 amide bonds. The molecule has 0 aromatic heterocycles. The largest absolute Gasteiger partial charge is 0.497 e. The predicted octanol–water partition coefficient (Wildman–Crippen LogP) is 4.42. The second kappa shape index (κ2) is 13.9. The molecule has 1 fully saturated rings. The number of amides is 2. The Morgan fingerprint density at radius 1 is 1.08 bits per heavy atom. The van der Waals surface area contributed by atoms with E-state index in [-0.39, 0.29) is 24.8 Å². The Labute approximate surface area is 227 Å². The van der Waals surface area contributed by atoms with E-state index in [4.69, 9.17) is 21.7 Å². The van der Waals surface area contributed by atoms with Crippen molar-refractivity contribution in [2.75, 3.05) is 45.2 Å². The Hall–Kier alpha value is -3.21. The maximum atomic E-state index is 12.8. The van der Waals surface area contributed by atoms with Crippen molar-refractivity contribution < 1.29 is 23.9 Å². The Morgan fingerprint density at radius 2 is 1.76 bits per heavy atom. The van der Waals surface area contributed by atoms with Crippen LogP contribution in [0, 0.1) is 0 Å². The Balaban J connectivity index is 1.47. The molecular formula is C27H31N3O5S2. The second-order valence-corrected chi connectivity index (χ2v) is 9.82. The third kappa shape index (κ3) is 8.14. The van der Waals surface area contributed by atoms with Crippen LogP contribution in [-0.4, -0.2) is 71.8 Å². The summed E-state index contributed by atoms with van der Waals surface area (Å²) in [7, 11) is 1.59. The van der Waals surface area contributed by atoms with Gasteiger partial charge in [-0.2, -0.15) is 0 Å². The lowest BCUT2D eigenvalue weighted by atomic mass is 10.2. The molecule has 0 aliphatic carbocycles. The molecule has 196 valence electrons. The summed E-state index contributed by atoms with van der Waals surface area (Å²) in [4.78, 5) is 41.6. The zero-order valence-corrected chi connectivity index (χ0v) is 22.8. The Morgan fingerprint density at radius 3 is 2.38 bits per heavy atom. The number of esters is 1. The van der Waals surface area contributed by atoms with Crippen LogP contribution in [0.4, 0.5) is 5.69 Å². The molecule has 8 nitrogen and oxygen atoms in total. The van der Waals surface area contributed by atoms with E-state index < -0.39 is 5.97 Å². The van der Waals surface area contributed by atoms with E-state index >= 15 is 0 Å². The molecular weight excluding hydrogens is 510 g/mol. The number of carbonyl (C=O) groups is 3. The predicted molar refractivity (Wildman–Crippen MR) is 151 cm³/mol. The van der Waals surface area contributed by atoms with Crippen LogP contribution in [0.3, 0.4) is 0 Å². The molecule has 0 spiro atoms. The number of nitrogens with zero attached hydrogens (tertiary/aromatic N) is 2. The van der Waals surface area contributed by atoms with Crippen molar-refractivity contribution in [3.63, 3.8) is 0 Å². The number of ether oxygens (including phenoxy) is 2. The van der Waals surface area contributed by atoms with Gasteiger partial charge in [-0.25, -0.2) is 4.79 Å². The van der Waals surface area contributed by atoms with Gasteiger partial charge in [0, 0.05) is 25.2 Å². The number of thiocarbonyl (C=S) groups is 1. The molecule has 0 atom stereocenters. The zero-order chi connectivity index (χ0) is 26.8. The Bertz CT molecular complexity index is 1150. The van der Waals surface area contributed by atoms with E-state index in [1.807, 2.05) is 24.3 Å². The van der Waals surface area contributed by atoms with Gasteiger partial charge in [-0.1, -0.05) is 50.0 Å². The molecule has 37 heavy (non-hydrogen) atoms. The third-order valence-corrected chi connectivity index (χ3v) is 7.17. The summed E-state index contributed by atoms with van der Waals surface area (Å²) in [6.07, 6.45) is 1.85. The highest BCUT2D eigenvalue weighted by Gasteiger charge is 2.32. The molecule has 10 heteroatoms. The first-order chi connectivity index (χ1) is 17.8. The summed E-state index contributed by atoms with van der Waals surface area (Å²) < 4.78 is 10.9. The summed E-state index contributed by atoms with van der Waals surface area (Å²) in [6.45, 7) is 7.12. The molecule has 1 aliphatic heterocycles. The second-order valence-electron chi connectivity index (χ2n) is 8.14. The minimum atomic E-state index is -0.401. The number of rotatable bonds is 12. The van der Waals surface area contributed by atoms with E-state index in [2.05, 4.69) is 24.1 Å². The first-order valence-corrected chi connectivity index (χ1v) is 13.3. The molecule has 1 heterocycles. The summed E-state index contributed by atoms with van der Waals surface area (Å²) in [5.74, 6) is -0.150. The van der Waals surface area contributed by atoms with Crippen molar-refractivity contribution in [1.82, 2.24) is 9.80 Å². The van der Waals surface area contributed by atoms with Gasteiger partial charge in [0.05, 0.1) is 17.6 Å². The van der Waals surface area contributed by atoms with Crippen molar-refractivity contribution in [2.24, 2.45) is 0 Å². The fourth-order valence-electron chi connectivity index (χ4n) is 3.56. The molecule has 0 radical (unpaired) electrons. The van der Waals surface area contributed by atoms with Crippen molar-refractivity contribution in [3.05, 3.63) is 64.6 Å². The number of thioether (sulfide) groups is 1. The van der Waals surface area contributed by atoms with E-state index in [1.54, 1.807) is 37.5 Å². The van der Waals surface area contributed by atoms with E-state index in [1.165, 1.54) is 16.7 Å². The highest BCUT2D eigenvalue weighted by molar-refractivity contribution is 8.26. The van der Waals surface area contributed by atoms with Gasteiger partial charge in [0.25, 0.3) is 5.91 Å². The van der Waals surface area contributed by atoms with Crippen molar-refractivity contribution in [2.45, 2.75) is 20.3 Å². The highest BCUT2D eigenvalue weighted by atomic mass is 32.2. The first-order valence-electron chi connectivity index (χ1n) is 12.0. The van der Waals surface area contributed by atoms with E-state index in [0.717, 1.165) is 24.4 Å². The van der Waals surface area contributed by atoms with Gasteiger partial charge in [0.1, 0.15) is 16.7 Å². The van der Waals surface area contributed by atoms with Gasteiger partial charge in [-0.3, -0.25) is 14.5 Å². The topological polar surface area (TPSA) is 88.2 Å². The van der Waals surface area contributed by atoms with Crippen LogP contribution in [0.2, 0.25) is 0 Å². The quantitative estimate of drug-likeness (QED) is 0.240. The fraction of sp³-hybridized carbons (Fsp3) is 0.333. The molecule has 2 aromatic rings. The van der Waals surface area contributed by atoms with Crippen molar-refractivity contribution >= 4 is 57.8 Å². The van der Waals surface area contributed by atoms with Gasteiger partial charge in [-0.15, -0.1) is 0 Å². The maximum Gasteiger partial charge on any atom is 0.338 e. The van der Waals surface area contributed by atoms with Crippen LogP contribution in [0.15, 0.2) is 53.4 Å². The first kappa shape index (κ1) is 28.4. The summed E-state index contributed by atoms with van der Waals surface area (Å²) in [5, 5.41) is 2.78. The zero-order valence-electron chi connectivity index (χ0n) is 21.2. The molecule has 1 N–H and O–H groups in total. The van der Waals surface area contributed by atoms with Crippen LogP contribution >= 0.6 is 24.0 Å². The lowest BCUT2D eigenvalue weighted by Crippen LogP contribution is -2.31. The molecule has 0 unspecified atom stereocenters. The summed E-state index contributed by atoms with van der Waals surface area (Å²) in [6, 6.07) is 13.9. The van der Waals surface area contributed by atoms with Gasteiger partial charge >= 0.3 is 5.97 Å². The minimum absolute atomic E-state index is 0.0808. The number of likely N-dealkylation sites (N-methyl/N-ethyl adjacent to an activating group) is 1. The minimum Gasteiger partial charge on any atom is -0.497 e. The number of nitrogens with one attached hydrogen (secondary N) is 1. The van der Waals surface area contributed by atoms with Crippen LogP contribution in [0.5, 0.6) is 5.75 Å². The van der Waals surface area contributed by atoms with Crippen LogP contribution in [-0.2, 0) is 14.3 Å². The molecule has 1 saturated heterocycles. The Kier molecular flexibility index (Phi) is 10.7. The number of anilines is 1. The standard InChI is InChI=1S/C27H31N3O5S2/c1-4-29(5-2)16-17-35-26(33)20-8-10-21(11-9-20)28-24(31)14-15-30-25(32)23(37-27(30)36)18-19-6-12-22(34-3)13-7-19/h6-13,18H,4-5,14-17H2,1-3H3,(H,28,31). The number of hydrogen-bond acceptors (Lipinski definition) is 8. The highest BCUT2D eigenvalue weighted by Crippen LogP contribution is 2.32. The normalized spacial score (nSPS) is 14.4. The fourth-order valence-corrected chi connectivity index (χ4v) is 4.87. The van der Waals surface area contributed by atoms with Crippen LogP contribution < -0.4 is 10.1 Å². The van der Waals surface area contributed by atoms with Crippen LogP contribution in [0.25, 0.3) is 6.08 Å². The van der Waals surface area contributed by atoms with Crippen molar-refractivity contribution in [3.8, 4) is 5.75 Å². The van der Waals surface area contributed by atoms with E-state index in [9.17, 15) is 14.4 Å². The van der Waals surface area contributed by atoms with Gasteiger partial charge in [-0.05, 0) is 61.1 Å². The summed E-state index contributed by atoms with van der Waals surface area (Å²) in [5.41, 5.74) is 1.82. The molecule has 0 saturated carbocycles. The van der Waals surface area contributed by atoms with Gasteiger partial charge in [0.2, 0.25) is 5.91 Å². The number of methoxy groups -OCH3 is 1. The third-order valence-electron chi connectivity index (χ3n) is 5.79. The van der Waals surface area contributed by atoms with Gasteiger partial charge < -0.3 is 19.7 Å². The molecule has 2 aromatic carbocycles. The molecule has 0 bridgehead atoms. The SMILES string of the molecule is CCN(CC)CCOC(=O)c1ccc(NC(=O)CCN2C(=O)C(=Cc3ccc(OC)cc3)SC2=S)cc1. The average Bonchev–Trinajstić information content (AvgIpc) is 3.17. The van der Waals surface area contributed by atoms with Crippen LogP contribution in [0.1, 0.15) is 36.2 Å². The summed E-state index contributed by atoms with van der Waals surface area (Å²) >= 11 is 6.57. The maximum absolute atomic E-state index is 12.8. The smallest absolute Gasteiger partial charge is 0.338 e. The van der Waals surface area contributed by atoms with Gasteiger partial charge in [0.15, 0.2) is 0 Å². The molecule has 3 rings (SSSR count). The lowest BCUT2D eigenvalue weighted by molar-refractivity contribution is -0.122. The van der Waals surface area contributed by atoms with Crippen molar-refractivity contribution in [1.29, 1.82) is 0 Å². The van der Waals surface area contributed by atoms with E-state index in [0.29, 0.717) is 33.6 Å². The number of benzene rings is 2. The lowest BCUT2D eigenvalue weighted by Gasteiger charge is -2.17. The number of hydrogen-bond donors (Lipinski definition) is 1. The average molecular weight is 542 g/mol. The monoisotopic (exact) mass is 541 g/mol.